The highest BCUT2D eigenvalue weighted by molar-refractivity contribution is 5.90. The fourth-order valence-corrected chi connectivity index (χ4v) is 2.58. The highest BCUT2D eigenvalue weighted by Crippen LogP contribution is 2.30. The number of aromatic nitrogens is 2. The second-order valence-electron chi connectivity index (χ2n) is 5.12. The summed E-state index contributed by atoms with van der Waals surface area (Å²) in [5.74, 6) is 0. The van der Waals surface area contributed by atoms with Gasteiger partial charge in [0.1, 0.15) is 0 Å². The van der Waals surface area contributed by atoms with Crippen LogP contribution in [-0.4, -0.2) is 39.5 Å². The minimum absolute atomic E-state index is 0.299. The van der Waals surface area contributed by atoms with Gasteiger partial charge in [0, 0.05) is 12.5 Å². The number of ether oxygens (including phenoxy) is 1. The fourth-order valence-electron chi connectivity index (χ4n) is 2.58. The maximum absolute atomic E-state index is 11.1. The standard InChI is InChI=1S/C12H13N5O5/c18-16(19)9-4-11-10(12(5-9)17(20)21)6-13-15(11)7-14-2-1-3-22-8-14/h4-6H,1-3,7-8H2/p+1. The van der Waals surface area contributed by atoms with Crippen molar-refractivity contribution in [3.63, 3.8) is 0 Å². The van der Waals surface area contributed by atoms with Crippen molar-refractivity contribution in [2.45, 2.75) is 13.1 Å². The zero-order valence-electron chi connectivity index (χ0n) is 11.6. The molecule has 1 atom stereocenters. The van der Waals surface area contributed by atoms with E-state index in [1.54, 1.807) is 4.68 Å². The monoisotopic (exact) mass is 308 g/mol. The number of hydrogen-bond acceptors (Lipinski definition) is 6. The number of nitrogens with one attached hydrogen (secondary N) is 1. The summed E-state index contributed by atoms with van der Waals surface area (Å²) in [6.07, 6.45) is 2.30. The van der Waals surface area contributed by atoms with Gasteiger partial charge in [-0.05, 0) is 0 Å². The molecule has 1 aliphatic heterocycles. The fraction of sp³-hybridized carbons (Fsp3) is 0.417. The van der Waals surface area contributed by atoms with Crippen molar-refractivity contribution < 1.29 is 19.5 Å². The molecule has 10 heteroatoms. The molecule has 22 heavy (non-hydrogen) atoms. The van der Waals surface area contributed by atoms with Gasteiger partial charge >= 0.3 is 0 Å². The highest BCUT2D eigenvalue weighted by atomic mass is 16.6. The topological polar surface area (TPSA) is 118 Å². The van der Waals surface area contributed by atoms with Gasteiger partial charge in [0.2, 0.25) is 0 Å². The Hall–Kier alpha value is -2.59. The first-order valence-corrected chi connectivity index (χ1v) is 6.76. The second-order valence-corrected chi connectivity index (χ2v) is 5.12. The van der Waals surface area contributed by atoms with E-state index in [0.717, 1.165) is 30.5 Å². The third-order valence-corrected chi connectivity index (χ3v) is 3.63. The van der Waals surface area contributed by atoms with Crippen LogP contribution in [0.5, 0.6) is 0 Å². The van der Waals surface area contributed by atoms with E-state index < -0.39 is 9.85 Å². The summed E-state index contributed by atoms with van der Waals surface area (Å²) >= 11 is 0. The lowest BCUT2D eigenvalue weighted by Gasteiger charge is -2.23. The molecular formula is C12H14N5O5+. The first kappa shape index (κ1) is 14.4. The maximum Gasteiger partial charge on any atom is 0.287 e. The van der Waals surface area contributed by atoms with Gasteiger partial charge in [-0.3, -0.25) is 25.1 Å². The lowest BCUT2D eigenvalue weighted by Crippen LogP contribution is -3.12. The van der Waals surface area contributed by atoms with Crippen LogP contribution in [0.4, 0.5) is 11.4 Å². The molecule has 1 unspecified atom stereocenters. The lowest BCUT2D eigenvalue weighted by atomic mass is 10.2. The van der Waals surface area contributed by atoms with Crippen molar-refractivity contribution in [1.82, 2.24) is 9.78 Å². The third kappa shape index (κ3) is 2.61. The SMILES string of the molecule is O=[N+]([O-])c1cc([N+](=O)[O-])c2cnn(C[NH+]3CCCOC3)c2c1. The summed E-state index contributed by atoms with van der Waals surface area (Å²) in [7, 11) is 0. The average Bonchev–Trinajstić information content (AvgIpc) is 2.90. The van der Waals surface area contributed by atoms with E-state index in [0.29, 0.717) is 24.3 Å². The third-order valence-electron chi connectivity index (χ3n) is 3.63. The number of nitro groups is 2. The number of non-ortho nitro benzene ring substituents is 2. The molecule has 116 valence electrons. The molecule has 0 aliphatic carbocycles. The van der Waals surface area contributed by atoms with E-state index in [2.05, 4.69) is 5.10 Å². The van der Waals surface area contributed by atoms with Gasteiger partial charge < -0.3 is 4.74 Å². The molecule has 10 nitrogen and oxygen atoms in total. The van der Waals surface area contributed by atoms with Crippen molar-refractivity contribution in [3.8, 4) is 0 Å². The van der Waals surface area contributed by atoms with Gasteiger partial charge in [0.05, 0.1) is 46.2 Å². The summed E-state index contributed by atoms with van der Waals surface area (Å²) in [6, 6.07) is 2.28. The molecule has 0 amide bonds. The van der Waals surface area contributed by atoms with Crippen LogP contribution in [0.2, 0.25) is 0 Å². The Labute approximate surface area is 124 Å². The molecule has 0 radical (unpaired) electrons. The number of benzene rings is 1. The first-order chi connectivity index (χ1) is 10.6. The van der Waals surface area contributed by atoms with Gasteiger partial charge in [0.25, 0.3) is 11.4 Å². The first-order valence-electron chi connectivity index (χ1n) is 6.76. The van der Waals surface area contributed by atoms with Crippen LogP contribution in [0.25, 0.3) is 10.9 Å². The van der Waals surface area contributed by atoms with E-state index in [1.165, 1.54) is 12.3 Å². The number of fused-ring (bicyclic) bond motifs is 1. The Morgan fingerprint density at radius 3 is 2.77 bits per heavy atom. The van der Waals surface area contributed by atoms with Crippen LogP contribution >= 0.6 is 0 Å². The Bertz CT molecular complexity index is 737. The molecule has 0 bridgehead atoms. The number of rotatable bonds is 4. The van der Waals surface area contributed by atoms with Crippen molar-refractivity contribution >= 4 is 22.3 Å². The quantitative estimate of drug-likeness (QED) is 0.631. The summed E-state index contributed by atoms with van der Waals surface area (Å²) < 4.78 is 6.93. The van der Waals surface area contributed by atoms with Crippen molar-refractivity contribution in [2.75, 3.05) is 19.9 Å². The molecule has 1 aromatic heterocycles. The molecular weight excluding hydrogens is 294 g/mol. The molecule has 1 N–H and O–H groups in total. The number of hydrogen-bond donors (Lipinski definition) is 1. The Morgan fingerprint density at radius 2 is 2.14 bits per heavy atom. The lowest BCUT2D eigenvalue weighted by molar-refractivity contribution is -0.949. The van der Waals surface area contributed by atoms with Crippen LogP contribution in [0, 0.1) is 20.2 Å². The molecule has 3 rings (SSSR count). The minimum atomic E-state index is -0.638. The predicted molar refractivity (Wildman–Crippen MR) is 74.3 cm³/mol. The van der Waals surface area contributed by atoms with Crippen LogP contribution in [0.1, 0.15) is 6.42 Å². The highest BCUT2D eigenvalue weighted by Gasteiger charge is 2.24. The van der Waals surface area contributed by atoms with Crippen LogP contribution in [0.3, 0.4) is 0 Å². The minimum Gasteiger partial charge on any atom is -0.331 e. The molecule has 1 aromatic carbocycles. The van der Waals surface area contributed by atoms with Crippen molar-refractivity contribution in [3.05, 3.63) is 38.6 Å². The van der Waals surface area contributed by atoms with E-state index in [9.17, 15) is 20.2 Å². The van der Waals surface area contributed by atoms with Crippen LogP contribution in [0.15, 0.2) is 18.3 Å². The summed E-state index contributed by atoms with van der Waals surface area (Å²) in [5, 5.41) is 26.5. The zero-order valence-corrected chi connectivity index (χ0v) is 11.6. The number of nitro benzene ring substituents is 2. The van der Waals surface area contributed by atoms with Gasteiger partial charge in [-0.15, -0.1) is 0 Å². The normalized spacial score (nSPS) is 18.5. The number of quaternary nitrogens is 1. The van der Waals surface area contributed by atoms with Gasteiger partial charge in [-0.2, -0.15) is 5.10 Å². The molecule has 2 heterocycles. The van der Waals surface area contributed by atoms with Gasteiger partial charge in [0.15, 0.2) is 13.4 Å². The Morgan fingerprint density at radius 1 is 1.32 bits per heavy atom. The molecule has 0 spiro atoms. The Balaban J connectivity index is 2.04. The van der Waals surface area contributed by atoms with E-state index in [-0.39, 0.29) is 11.4 Å². The summed E-state index contributed by atoms with van der Waals surface area (Å²) in [4.78, 5) is 21.9. The van der Waals surface area contributed by atoms with E-state index in [1.807, 2.05) is 0 Å². The zero-order chi connectivity index (χ0) is 15.7. The van der Waals surface area contributed by atoms with Crippen molar-refractivity contribution in [2.24, 2.45) is 0 Å². The molecule has 2 aromatic rings. The summed E-state index contributed by atoms with van der Waals surface area (Å²) in [6.45, 7) is 2.60. The molecule has 1 aliphatic rings. The van der Waals surface area contributed by atoms with Gasteiger partial charge in [-0.25, -0.2) is 4.68 Å². The van der Waals surface area contributed by atoms with Crippen molar-refractivity contribution in [1.29, 1.82) is 0 Å². The predicted octanol–water partition coefficient (Wildman–Crippen LogP) is 0.0729. The molecule has 0 saturated carbocycles. The largest absolute Gasteiger partial charge is 0.331 e. The Kier molecular flexibility index (Phi) is 3.69. The average molecular weight is 308 g/mol. The molecule has 1 fully saturated rings. The second kappa shape index (κ2) is 5.66. The molecule has 1 saturated heterocycles. The van der Waals surface area contributed by atoms with Gasteiger partial charge in [-0.1, -0.05) is 0 Å². The maximum atomic E-state index is 11.1. The smallest absolute Gasteiger partial charge is 0.287 e. The van der Waals surface area contributed by atoms with E-state index in [4.69, 9.17) is 4.74 Å². The van der Waals surface area contributed by atoms with Crippen LogP contribution < -0.4 is 4.90 Å². The number of nitrogens with zero attached hydrogens (tertiary/aromatic N) is 4. The van der Waals surface area contributed by atoms with E-state index >= 15 is 0 Å². The van der Waals surface area contributed by atoms with Crippen LogP contribution in [-0.2, 0) is 11.4 Å². The summed E-state index contributed by atoms with van der Waals surface area (Å²) in [5.41, 5.74) is -0.231.